The molecule has 104 valence electrons. The Kier molecular flexibility index (Phi) is 4.87. The summed E-state index contributed by atoms with van der Waals surface area (Å²) < 4.78 is 11.2. The topological polar surface area (TPSA) is 68.7 Å². The summed E-state index contributed by atoms with van der Waals surface area (Å²) in [5.74, 6) is -0.963. The molecule has 1 aliphatic carbocycles. The summed E-state index contributed by atoms with van der Waals surface area (Å²) in [6.45, 7) is 0.418. The quantitative estimate of drug-likeness (QED) is 0.884. The zero-order valence-electron chi connectivity index (χ0n) is 11.0. The highest BCUT2D eigenvalue weighted by atomic mass is 16.5. The third kappa shape index (κ3) is 4.01. The van der Waals surface area contributed by atoms with Crippen LogP contribution in [0, 0.1) is 0 Å². The van der Waals surface area contributed by atoms with Gasteiger partial charge in [-0.3, -0.25) is 4.98 Å². The van der Waals surface area contributed by atoms with Crippen molar-refractivity contribution >= 4 is 5.97 Å². The summed E-state index contributed by atoms with van der Waals surface area (Å²) in [7, 11) is 1.74. The van der Waals surface area contributed by atoms with E-state index in [9.17, 15) is 4.79 Å². The third-order valence-corrected chi connectivity index (χ3v) is 3.45. The maximum Gasteiger partial charge on any atom is 0.337 e. The molecule has 0 aliphatic heterocycles. The lowest BCUT2D eigenvalue weighted by atomic mass is 9.95. The van der Waals surface area contributed by atoms with Crippen molar-refractivity contribution in [2.75, 3.05) is 7.11 Å². The summed E-state index contributed by atoms with van der Waals surface area (Å²) in [5.41, 5.74) is 0.949. The number of rotatable bonds is 5. The second-order valence-corrected chi connectivity index (χ2v) is 4.80. The molecule has 1 aliphatic rings. The van der Waals surface area contributed by atoms with Crippen LogP contribution in [-0.2, 0) is 16.1 Å². The first-order chi connectivity index (χ1) is 9.19. The van der Waals surface area contributed by atoms with Gasteiger partial charge in [-0.2, -0.15) is 0 Å². The van der Waals surface area contributed by atoms with Crippen LogP contribution in [0.1, 0.15) is 41.7 Å². The molecular weight excluding hydrogens is 246 g/mol. The van der Waals surface area contributed by atoms with Crippen molar-refractivity contribution in [2.24, 2.45) is 0 Å². The molecule has 5 heteroatoms. The van der Waals surface area contributed by atoms with Crippen molar-refractivity contribution in [1.82, 2.24) is 4.98 Å². The van der Waals surface area contributed by atoms with Crippen molar-refractivity contribution in [1.29, 1.82) is 0 Å². The van der Waals surface area contributed by atoms with Gasteiger partial charge in [0.25, 0.3) is 0 Å². The van der Waals surface area contributed by atoms with Gasteiger partial charge in [0.15, 0.2) is 0 Å². The monoisotopic (exact) mass is 265 g/mol. The Morgan fingerprint density at radius 3 is 2.84 bits per heavy atom. The van der Waals surface area contributed by atoms with Crippen LogP contribution in [0.15, 0.2) is 18.3 Å². The number of aromatic carboxylic acids is 1. The smallest absolute Gasteiger partial charge is 0.337 e. The highest BCUT2D eigenvalue weighted by Gasteiger charge is 2.22. The van der Waals surface area contributed by atoms with Gasteiger partial charge in [0, 0.05) is 13.3 Å². The largest absolute Gasteiger partial charge is 0.478 e. The van der Waals surface area contributed by atoms with Crippen molar-refractivity contribution in [3.05, 3.63) is 29.6 Å². The van der Waals surface area contributed by atoms with Gasteiger partial charge in [0.2, 0.25) is 0 Å². The minimum Gasteiger partial charge on any atom is -0.478 e. The van der Waals surface area contributed by atoms with Crippen LogP contribution in [0.25, 0.3) is 0 Å². The molecule has 1 aromatic rings. The zero-order chi connectivity index (χ0) is 13.7. The fourth-order valence-corrected chi connectivity index (χ4v) is 2.31. The van der Waals surface area contributed by atoms with Gasteiger partial charge < -0.3 is 14.6 Å². The molecule has 2 atom stereocenters. The van der Waals surface area contributed by atoms with E-state index >= 15 is 0 Å². The average molecular weight is 265 g/mol. The molecule has 0 saturated heterocycles. The molecule has 0 amide bonds. The van der Waals surface area contributed by atoms with Crippen LogP contribution in [0.2, 0.25) is 0 Å². The normalized spacial score (nSPS) is 23.2. The number of ether oxygens (including phenoxy) is 2. The lowest BCUT2D eigenvalue weighted by Gasteiger charge is -2.28. The van der Waals surface area contributed by atoms with Gasteiger partial charge in [0.05, 0.1) is 30.1 Å². The van der Waals surface area contributed by atoms with Gasteiger partial charge in [-0.25, -0.2) is 4.79 Å². The molecule has 19 heavy (non-hydrogen) atoms. The Hall–Kier alpha value is -1.46. The predicted octanol–water partition coefficient (Wildman–Crippen LogP) is 2.25. The van der Waals surface area contributed by atoms with Crippen molar-refractivity contribution < 1.29 is 19.4 Å². The number of methoxy groups -OCH3 is 1. The van der Waals surface area contributed by atoms with Gasteiger partial charge in [-0.1, -0.05) is 0 Å². The summed E-state index contributed by atoms with van der Waals surface area (Å²) in [4.78, 5) is 14.8. The van der Waals surface area contributed by atoms with E-state index < -0.39 is 5.97 Å². The maximum atomic E-state index is 10.7. The number of carbonyl (C=O) groups is 1. The van der Waals surface area contributed by atoms with Crippen LogP contribution in [0.5, 0.6) is 0 Å². The third-order valence-electron chi connectivity index (χ3n) is 3.45. The minimum atomic E-state index is -0.963. The summed E-state index contributed by atoms with van der Waals surface area (Å²) in [6, 6.07) is 3.24. The number of nitrogens with zero attached hydrogens (tertiary/aromatic N) is 1. The molecule has 1 N–H and O–H groups in total. The van der Waals surface area contributed by atoms with Crippen LogP contribution < -0.4 is 0 Å². The molecule has 2 unspecified atom stereocenters. The number of hydrogen-bond acceptors (Lipinski definition) is 4. The Balaban J connectivity index is 1.83. The Bertz CT molecular complexity index is 418. The molecule has 0 bridgehead atoms. The average Bonchev–Trinajstić information content (AvgIpc) is 2.46. The van der Waals surface area contributed by atoms with Crippen molar-refractivity contribution in [2.45, 2.75) is 44.5 Å². The molecule has 0 aromatic carbocycles. The number of hydrogen-bond donors (Lipinski definition) is 1. The van der Waals surface area contributed by atoms with Crippen LogP contribution in [-0.4, -0.2) is 35.4 Å². The fraction of sp³-hybridized carbons (Fsp3) is 0.571. The summed E-state index contributed by atoms with van der Waals surface area (Å²) >= 11 is 0. The second-order valence-electron chi connectivity index (χ2n) is 4.80. The van der Waals surface area contributed by atoms with Crippen LogP contribution >= 0.6 is 0 Å². The van der Waals surface area contributed by atoms with E-state index in [1.54, 1.807) is 19.2 Å². The van der Waals surface area contributed by atoms with Crippen molar-refractivity contribution in [3.8, 4) is 0 Å². The van der Waals surface area contributed by atoms with Gasteiger partial charge >= 0.3 is 5.97 Å². The van der Waals surface area contributed by atoms with E-state index in [1.807, 2.05) is 0 Å². The van der Waals surface area contributed by atoms with E-state index in [-0.39, 0.29) is 11.7 Å². The molecular formula is C14H19NO4. The Morgan fingerprint density at radius 1 is 1.42 bits per heavy atom. The maximum absolute atomic E-state index is 10.7. The lowest BCUT2D eigenvalue weighted by Crippen LogP contribution is -2.27. The standard InChI is InChI=1S/C14H19NO4/c1-18-12-3-2-4-13(7-12)19-9-11-6-5-10(8-15-11)14(16)17/h5-6,8,12-13H,2-4,7,9H2,1H3,(H,16,17). The lowest BCUT2D eigenvalue weighted by molar-refractivity contribution is -0.0372. The minimum absolute atomic E-state index is 0.195. The van der Waals surface area contributed by atoms with Gasteiger partial charge in [-0.05, 0) is 37.8 Å². The van der Waals surface area contributed by atoms with Crippen LogP contribution in [0.4, 0.5) is 0 Å². The molecule has 1 heterocycles. The van der Waals surface area contributed by atoms with E-state index in [1.165, 1.54) is 6.20 Å². The fourth-order valence-electron chi connectivity index (χ4n) is 2.31. The number of aromatic nitrogens is 1. The Morgan fingerprint density at radius 2 is 2.21 bits per heavy atom. The second kappa shape index (κ2) is 6.63. The molecule has 0 spiro atoms. The van der Waals surface area contributed by atoms with Gasteiger partial charge in [0.1, 0.15) is 0 Å². The van der Waals surface area contributed by atoms with Crippen molar-refractivity contribution in [3.63, 3.8) is 0 Å². The molecule has 0 radical (unpaired) electrons. The first-order valence-electron chi connectivity index (χ1n) is 6.51. The summed E-state index contributed by atoms with van der Waals surface area (Å²) in [6.07, 6.45) is 6.05. The van der Waals surface area contributed by atoms with E-state index in [4.69, 9.17) is 14.6 Å². The zero-order valence-corrected chi connectivity index (χ0v) is 11.0. The number of pyridine rings is 1. The highest BCUT2D eigenvalue weighted by Crippen LogP contribution is 2.23. The van der Waals surface area contributed by atoms with Gasteiger partial charge in [-0.15, -0.1) is 0 Å². The number of carboxylic acids is 1. The van der Waals surface area contributed by atoms with Crippen LogP contribution in [0.3, 0.4) is 0 Å². The predicted molar refractivity (Wildman–Crippen MR) is 69.0 cm³/mol. The molecule has 1 saturated carbocycles. The van der Waals surface area contributed by atoms with E-state index in [0.717, 1.165) is 31.4 Å². The van der Waals surface area contributed by atoms with E-state index in [2.05, 4.69) is 4.98 Å². The molecule has 1 aromatic heterocycles. The number of carboxylic acid groups (broad SMARTS) is 1. The first kappa shape index (κ1) is 14.0. The highest BCUT2D eigenvalue weighted by molar-refractivity contribution is 5.87. The molecule has 2 rings (SSSR count). The Labute approximate surface area is 112 Å². The SMILES string of the molecule is COC1CCCC(OCc2ccc(C(=O)O)cn2)C1. The summed E-state index contributed by atoms with van der Waals surface area (Å²) in [5, 5.41) is 8.78. The molecule has 5 nitrogen and oxygen atoms in total. The van der Waals surface area contributed by atoms with E-state index in [0.29, 0.717) is 12.7 Å². The first-order valence-corrected chi connectivity index (χ1v) is 6.51. The molecule has 1 fully saturated rings.